The molecule has 0 radical (unpaired) electrons. The summed E-state index contributed by atoms with van der Waals surface area (Å²) >= 11 is 0. The van der Waals surface area contributed by atoms with Crippen LogP contribution < -0.4 is 0 Å². The number of hydrogen-bond donors (Lipinski definition) is 0. The molecule has 1 aromatic rings. The van der Waals surface area contributed by atoms with Crippen molar-refractivity contribution in [2.24, 2.45) is 11.8 Å². The summed E-state index contributed by atoms with van der Waals surface area (Å²) in [6.45, 7) is 4.69. The van der Waals surface area contributed by atoms with Crippen LogP contribution in [0, 0.1) is 18.8 Å². The number of ether oxygens (including phenoxy) is 1. The van der Waals surface area contributed by atoms with Crippen molar-refractivity contribution in [3.05, 3.63) is 35.4 Å². The Labute approximate surface area is 90.3 Å². The summed E-state index contributed by atoms with van der Waals surface area (Å²) in [5.74, 6) is 1.14. The van der Waals surface area contributed by atoms with E-state index in [9.17, 15) is 4.79 Å². The molecule has 0 aromatic heterocycles. The molecule has 1 aliphatic rings. The number of carbonyl (C=O) groups is 1. The first-order valence-corrected chi connectivity index (χ1v) is 5.41. The second-order valence-corrected chi connectivity index (χ2v) is 4.39. The number of hydrogen-bond acceptors (Lipinski definition) is 2. The smallest absolute Gasteiger partial charge is 0.338 e. The van der Waals surface area contributed by atoms with Gasteiger partial charge in [0.15, 0.2) is 0 Å². The van der Waals surface area contributed by atoms with Crippen LogP contribution in [0.3, 0.4) is 0 Å². The number of carbonyl (C=O) groups excluding carboxylic acids is 1. The van der Waals surface area contributed by atoms with Crippen LogP contribution in [-0.4, -0.2) is 12.6 Å². The second kappa shape index (κ2) is 4.05. The lowest BCUT2D eigenvalue weighted by molar-refractivity contribution is 0.0480. The molecular weight excluding hydrogens is 188 g/mol. The van der Waals surface area contributed by atoms with Crippen LogP contribution in [0.5, 0.6) is 0 Å². The summed E-state index contributed by atoms with van der Waals surface area (Å²) in [6, 6.07) is 7.53. The Balaban J connectivity index is 1.93. The van der Waals surface area contributed by atoms with Crippen LogP contribution in [0.15, 0.2) is 24.3 Å². The van der Waals surface area contributed by atoms with E-state index in [1.807, 2.05) is 31.2 Å². The van der Waals surface area contributed by atoms with Crippen LogP contribution in [0.4, 0.5) is 0 Å². The van der Waals surface area contributed by atoms with Gasteiger partial charge in [0.05, 0.1) is 12.2 Å². The van der Waals surface area contributed by atoms with Crippen LogP contribution in [0.25, 0.3) is 0 Å². The van der Waals surface area contributed by atoms with Crippen molar-refractivity contribution in [2.45, 2.75) is 20.3 Å². The molecule has 0 aliphatic heterocycles. The summed E-state index contributed by atoms with van der Waals surface area (Å²) in [5, 5.41) is 0. The maximum Gasteiger partial charge on any atom is 0.338 e. The monoisotopic (exact) mass is 204 g/mol. The van der Waals surface area contributed by atoms with Crippen LogP contribution in [0.2, 0.25) is 0 Å². The van der Waals surface area contributed by atoms with Crippen molar-refractivity contribution in [1.29, 1.82) is 0 Å². The van der Waals surface area contributed by atoms with Gasteiger partial charge in [0.1, 0.15) is 0 Å². The fourth-order valence-corrected chi connectivity index (χ4v) is 1.69. The lowest BCUT2D eigenvalue weighted by Gasteiger charge is -2.05. The van der Waals surface area contributed by atoms with Crippen molar-refractivity contribution in [3.63, 3.8) is 0 Å². The molecule has 0 N–H and O–H groups in total. The van der Waals surface area contributed by atoms with E-state index in [1.165, 1.54) is 6.42 Å². The molecule has 2 atom stereocenters. The highest BCUT2D eigenvalue weighted by molar-refractivity contribution is 5.90. The summed E-state index contributed by atoms with van der Waals surface area (Å²) in [7, 11) is 0. The minimum Gasteiger partial charge on any atom is -0.462 e. The van der Waals surface area contributed by atoms with Gasteiger partial charge in [-0.2, -0.15) is 0 Å². The van der Waals surface area contributed by atoms with Gasteiger partial charge in [-0.1, -0.05) is 25.1 Å². The number of esters is 1. The molecule has 0 spiro atoms. The minimum atomic E-state index is -0.188. The SMILES string of the molecule is Cc1ccccc1C(=O)OCC1CC1C. The Morgan fingerprint density at radius 1 is 1.47 bits per heavy atom. The minimum absolute atomic E-state index is 0.188. The first-order valence-electron chi connectivity index (χ1n) is 5.41. The van der Waals surface area contributed by atoms with Crippen molar-refractivity contribution in [3.8, 4) is 0 Å². The molecule has 2 nitrogen and oxygen atoms in total. The number of aryl methyl sites for hydroxylation is 1. The Morgan fingerprint density at radius 3 is 2.73 bits per heavy atom. The quantitative estimate of drug-likeness (QED) is 0.708. The first-order chi connectivity index (χ1) is 7.18. The maximum atomic E-state index is 11.7. The van der Waals surface area contributed by atoms with Crippen LogP contribution in [-0.2, 0) is 4.74 Å². The second-order valence-electron chi connectivity index (χ2n) is 4.39. The highest BCUT2D eigenvalue weighted by Gasteiger charge is 2.33. The molecule has 1 aromatic carbocycles. The highest BCUT2D eigenvalue weighted by atomic mass is 16.5. The topological polar surface area (TPSA) is 26.3 Å². The molecule has 2 heteroatoms. The molecule has 15 heavy (non-hydrogen) atoms. The molecule has 0 amide bonds. The Bertz CT molecular complexity index is 371. The zero-order chi connectivity index (χ0) is 10.8. The van der Waals surface area contributed by atoms with Crippen molar-refractivity contribution >= 4 is 5.97 Å². The molecular formula is C13H16O2. The molecule has 1 fully saturated rings. The van der Waals surface area contributed by atoms with E-state index in [-0.39, 0.29) is 5.97 Å². The fraction of sp³-hybridized carbons (Fsp3) is 0.462. The van der Waals surface area contributed by atoms with Gasteiger partial charge < -0.3 is 4.74 Å². The summed E-state index contributed by atoms with van der Waals surface area (Å²) in [6.07, 6.45) is 1.20. The Morgan fingerprint density at radius 2 is 2.13 bits per heavy atom. The summed E-state index contributed by atoms with van der Waals surface area (Å²) in [4.78, 5) is 11.7. The van der Waals surface area contributed by atoms with Gasteiger partial charge >= 0.3 is 5.97 Å². The normalized spacial score (nSPS) is 23.6. The van der Waals surface area contributed by atoms with E-state index >= 15 is 0 Å². The van der Waals surface area contributed by atoms with Gasteiger partial charge in [-0.15, -0.1) is 0 Å². The van der Waals surface area contributed by atoms with Crippen molar-refractivity contribution in [2.75, 3.05) is 6.61 Å². The number of rotatable bonds is 3. The highest BCUT2D eigenvalue weighted by Crippen LogP contribution is 2.37. The standard InChI is InChI=1S/C13H16O2/c1-9-5-3-4-6-12(9)13(14)15-8-11-7-10(11)2/h3-6,10-11H,7-8H2,1-2H3. The third kappa shape index (κ3) is 2.38. The van der Waals surface area contributed by atoms with Crippen LogP contribution in [0.1, 0.15) is 29.3 Å². The van der Waals surface area contributed by atoms with Crippen molar-refractivity contribution < 1.29 is 9.53 Å². The van der Waals surface area contributed by atoms with E-state index in [4.69, 9.17) is 4.74 Å². The average Bonchev–Trinajstić information content (AvgIpc) is 2.92. The van der Waals surface area contributed by atoms with Gasteiger partial charge in [0.2, 0.25) is 0 Å². The molecule has 2 unspecified atom stereocenters. The molecule has 80 valence electrons. The van der Waals surface area contributed by atoms with E-state index < -0.39 is 0 Å². The first kappa shape index (κ1) is 10.2. The third-order valence-corrected chi connectivity index (χ3v) is 3.07. The van der Waals surface area contributed by atoms with Gasteiger partial charge in [-0.25, -0.2) is 4.79 Å². The molecule has 1 aliphatic carbocycles. The van der Waals surface area contributed by atoms with E-state index in [0.29, 0.717) is 18.1 Å². The zero-order valence-electron chi connectivity index (χ0n) is 9.19. The molecule has 0 saturated heterocycles. The third-order valence-electron chi connectivity index (χ3n) is 3.07. The van der Waals surface area contributed by atoms with Gasteiger partial charge in [-0.3, -0.25) is 0 Å². The van der Waals surface area contributed by atoms with E-state index in [1.54, 1.807) is 0 Å². The largest absolute Gasteiger partial charge is 0.462 e. The van der Waals surface area contributed by atoms with Gasteiger partial charge in [0, 0.05) is 0 Å². The van der Waals surface area contributed by atoms with E-state index in [2.05, 4.69) is 6.92 Å². The number of benzene rings is 1. The van der Waals surface area contributed by atoms with Crippen LogP contribution >= 0.6 is 0 Å². The summed E-state index contributed by atoms with van der Waals surface area (Å²) in [5.41, 5.74) is 1.66. The predicted molar refractivity (Wildman–Crippen MR) is 58.7 cm³/mol. The lowest BCUT2D eigenvalue weighted by atomic mass is 10.1. The zero-order valence-corrected chi connectivity index (χ0v) is 9.19. The molecule has 2 rings (SSSR count). The lowest BCUT2D eigenvalue weighted by Crippen LogP contribution is -2.09. The Kier molecular flexibility index (Phi) is 2.76. The summed E-state index contributed by atoms with van der Waals surface area (Å²) < 4.78 is 5.26. The van der Waals surface area contributed by atoms with Crippen molar-refractivity contribution in [1.82, 2.24) is 0 Å². The fourth-order valence-electron chi connectivity index (χ4n) is 1.69. The van der Waals surface area contributed by atoms with Gasteiger partial charge in [0.25, 0.3) is 0 Å². The molecule has 0 heterocycles. The average molecular weight is 204 g/mol. The van der Waals surface area contributed by atoms with E-state index in [0.717, 1.165) is 11.5 Å². The maximum absolute atomic E-state index is 11.7. The van der Waals surface area contributed by atoms with Gasteiger partial charge in [-0.05, 0) is 36.8 Å². The molecule has 0 bridgehead atoms. The molecule has 1 saturated carbocycles. The predicted octanol–water partition coefficient (Wildman–Crippen LogP) is 2.81. The Hall–Kier alpha value is -1.31.